The third-order valence-electron chi connectivity index (χ3n) is 10.0. The number of quaternary nitrogens is 1. The van der Waals surface area contributed by atoms with E-state index in [-0.39, 0.29) is 23.8 Å². The number of esters is 1. The van der Waals surface area contributed by atoms with E-state index in [1.54, 1.807) is 18.2 Å². The van der Waals surface area contributed by atoms with E-state index in [0.29, 0.717) is 12.0 Å². The molecule has 230 valence electrons. The summed E-state index contributed by atoms with van der Waals surface area (Å²) in [5, 5.41) is 14.5. The number of halogens is 3. The predicted octanol–water partition coefficient (Wildman–Crippen LogP) is 4.49. The molecule has 2 heterocycles. The zero-order valence-electron chi connectivity index (χ0n) is 24.2. The fourth-order valence-corrected chi connectivity index (χ4v) is 8.49. The van der Waals surface area contributed by atoms with Crippen LogP contribution in [0.5, 0.6) is 0 Å². The molecule has 2 saturated heterocycles. The van der Waals surface area contributed by atoms with Gasteiger partial charge in [0.05, 0.1) is 32.3 Å². The van der Waals surface area contributed by atoms with Crippen LogP contribution in [0.15, 0.2) is 71.7 Å². The molecule has 6 rings (SSSR count). The number of piperidine rings is 1. The zero-order chi connectivity index (χ0) is 30.8. The number of aliphatic hydroxyl groups is 1. The summed E-state index contributed by atoms with van der Waals surface area (Å²) in [6, 6.07) is 8.12. The number of carbonyl (C=O) groups is 2. The lowest BCUT2D eigenvalue weighted by Gasteiger charge is -2.61. The topological polar surface area (TPSA) is 94.1 Å². The highest BCUT2D eigenvalue weighted by Crippen LogP contribution is 2.67. The van der Waals surface area contributed by atoms with Crippen LogP contribution < -0.4 is 5.32 Å². The van der Waals surface area contributed by atoms with Gasteiger partial charge in [0.25, 0.3) is 5.91 Å². The molecule has 0 aromatic heterocycles. The molecule has 1 spiro atoms. The standard InChI is InChI=1S/C32H35F3N2O6/c1-4-14-37(3)15-13-30-22-11-8-12-26(30)42-28-27(30)21(17-23(22)37)25(41-19(2)38)18-31(28,40)36-29(39)24(43-32(33,34)35)16-20-9-6-5-7-10-20/h4-7,9-10,16,18,22-23,26,28,40H,1,8,11-15,17H2,2-3H3/p+1/t22-,23+,26-,28?,30+,31?,37?/m0/s1. The highest BCUT2D eigenvalue weighted by Gasteiger charge is 2.71. The molecule has 1 aromatic rings. The van der Waals surface area contributed by atoms with Gasteiger partial charge >= 0.3 is 12.3 Å². The van der Waals surface area contributed by atoms with Crippen LogP contribution in [0.2, 0.25) is 0 Å². The third kappa shape index (κ3) is 4.91. The Morgan fingerprint density at radius 3 is 2.67 bits per heavy atom. The number of likely N-dealkylation sites (tertiary alicyclic amines) is 1. The van der Waals surface area contributed by atoms with Gasteiger partial charge in [0.2, 0.25) is 0 Å². The first kappa shape index (κ1) is 29.7. The third-order valence-corrected chi connectivity index (χ3v) is 10.0. The second kappa shape index (κ2) is 10.3. The number of likely N-dealkylation sites (N-methyl/N-ethyl adjacent to an activating group) is 1. The van der Waals surface area contributed by atoms with E-state index < -0.39 is 41.2 Å². The molecular formula is C32H36F3N2O6+. The number of hydrogen-bond donors (Lipinski definition) is 2. The number of hydrogen-bond acceptors (Lipinski definition) is 6. The van der Waals surface area contributed by atoms with Crippen molar-refractivity contribution in [3.63, 3.8) is 0 Å². The van der Waals surface area contributed by atoms with Crippen molar-refractivity contribution in [3.8, 4) is 0 Å². The smallest absolute Gasteiger partial charge is 0.427 e. The number of amides is 1. The van der Waals surface area contributed by atoms with Gasteiger partial charge in [0.1, 0.15) is 11.9 Å². The van der Waals surface area contributed by atoms with Crippen LogP contribution >= 0.6 is 0 Å². The fraction of sp³-hybridized carbons (Fsp3) is 0.500. The molecule has 1 aromatic carbocycles. The normalized spacial score (nSPS) is 36.3. The second-order valence-corrected chi connectivity index (χ2v) is 12.5. The number of nitrogens with one attached hydrogen (secondary N) is 1. The molecular weight excluding hydrogens is 565 g/mol. The lowest BCUT2D eigenvalue weighted by molar-refractivity contribution is -0.940. The van der Waals surface area contributed by atoms with E-state index in [1.165, 1.54) is 25.1 Å². The van der Waals surface area contributed by atoms with Crippen molar-refractivity contribution >= 4 is 18.0 Å². The molecule has 8 nitrogen and oxygen atoms in total. The minimum atomic E-state index is -5.16. The lowest BCUT2D eigenvalue weighted by atomic mass is 9.50. The quantitative estimate of drug-likeness (QED) is 0.120. The minimum absolute atomic E-state index is 0.0941. The molecule has 2 N–H and O–H groups in total. The Bertz CT molecular complexity index is 1440. The molecule has 1 amide bonds. The van der Waals surface area contributed by atoms with E-state index in [0.717, 1.165) is 60.5 Å². The fourth-order valence-electron chi connectivity index (χ4n) is 8.49. The number of nitrogens with zero attached hydrogens (tertiary/aromatic N) is 1. The first-order valence-electron chi connectivity index (χ1n) is 14.6. The Balaban J connectivity index is 1.44. The highest BCUT2D eigenvalue weighted by atomic mass is 19.4. The van der Waals surface area contributed by atoms with Crippen LogP contribution in [0.25, 0.3) is 6.08 Å². The number of allylic oxidation sites excluding steroid dienone is 1. The van der Waals surface area contributed by atoms with Crippen LogP contribution in [0.1, 0.15) is 44.6 Å². The van der Waals surface area contributed by atoms with Crippen molar-refractivity contribution in [2.45, 2.75) is 69.4 Å². The molecule has 43 heavy (non-hydrogen) atoms. The van der Waals surface area contributed by atoms with Crippen LogP contribution in [-0.2, 0) is 23.8 Å². The summed E-state index contributed by atoms with van der Waals surface area (Å²) < 4.78 is 57.4. The van der Waals surface area contributed by atoms with Crippen molar-refractivity contribution in [3.05, 3.63) is 77.3 Å². The summed E-state index contributed by atoms with van der Waals surface area (Å²) in [5.41, 5.74) is -0.922. The summed E-state index contributed by atoms with van der Waals surface area (Å²) in [5.74, 6) is -2.67. The van der Waals surface area contributed by atoms with E-state index in [4.69, 9.17) is 9.47 Å². The molecule has 3 aliphatic carbocycles. The zero-order valence-corrected chi connectivity index (χ0v) is 24.2. The Morgan fingerprint density at radius 1 is 1.26 bits per heavy atom. The maximum absolute atomic E-state index is 13.5. The average molecular weight is 602 g/mol. The molecule has 0 radical (unpaired) electrons. The van der Waals surface area contributed by atoms with Gasteiger partial charge in [-0.25, -0.2) is 0 Å². The minimum Gasteiger partial charge on any atom is -0.427 e. The van der Waals surface area contributed by atoms with Crippen molar-refractivity contribution in [1.29, 1.82) is 0 Å². The molecule has 11 heteroatoms. The maximum atomic E-state index is 13.5. The molecule has 7 atom stereocenters. The first-order valence-corrected chi connectivity index (χ1v) is 14.6. The van der Waals surface area contributed by atoms with Gasteiger partial charge in [-0.1, -0.05) is 43.3 Å². The number of ether oxygens (including phenoxy) is 3. The summed E-state index contributed by atoms with van der Waals surface area (Å²) in [4.78, 5) is 25.8. The number of benzene rings is 1. The van der Waals surface area contributed by atoms with Gasteiger partial charge in [-0.05, 0) is 36.1 Å². The van der Waals surface area contributed by atoms with Crippen molar-refractivity contribution < 1.29 is 46.6 Å². The van der Waals surface area contributed by atoms with E-state index in [9.17, 15) is 27.9 Å². The van der Waals surface area contributed by atoms with Gasteiger partial charge < -0.3 is 29.1 Å². The largest absolute Gasteiger partial charge is 0.573 e. The number of alkyl halides is 3. The Kier molecular flexibility index (Phi) is 7.14. The van der Waals surface area contributed by atoms with Gasteiger partial charge in [0.15, 0.2) is 11.5 Å². The van der Waals surface area contributed by atoms with E-state index >= 15 is 0 Å². The molecule has 2 aliphatic heterocycles. The van der Waals surface area contributed by atoms with Crippen LogP contribution in [-0.4, -0.2) is 71.9 Å². The predicted molar refractivity (Wildman–Crippen MR) is 149 cm³/mol. The molecule has 2 bridgehead atoms. The number of carbonyl (C=O) groups excluding carboxylic acids is 2. The summed E-state index contributed by atoms with van der Waals surface area (Å²) >= 11 is 0. The van der Waals surface area contributed by atoms with E-state index in [1.807, 2.05) is 6.08 Å². The molecule has 5 aliphatic rings. The van der Waals surface area contributed by atoms with Crippen molar-refractivity contribution in [2.75, 3.05) is 20.1 Å². The summed E-state index contributed by atoms with van der Waals surface area (Å²) in [6.07, 6.45) is 1.53. The van der Waals surface area contributed by atoms with Crippen LogP contribution in [0, 0.1) is 11.3 Å². The first-order chi connectivity index (χ1) is 20.3. The van der Waals surface area contributed by atoms with Gasteiger partial charge in [0, 0.05) is 42.7 Å². The number of rotatable bonds is 7. The second-order valence-electron chi connectivity index (χ2n) is 12.5. The maximum Gasteiger partial charge on any atom is 0.573 e. The van der Waals surface area contributed by atoms with Crippen LogP contribution in [0.4, 0.5) is 13.2 Å². The summed E-state index contributed by atoms with van der Waals surface area (Å²) in [6.45, 7) is 6.85. The van der Waals surface area contributed by atoms with Gasteiger partial charge in [-0.15, -0.1) is 13.2 Å². The van der Waals surface area contributed by atoms with Crippen molar-refractivity contribution in [1.82, 2.24) is 5.32 Å². The van der Waals surface area contributed by atoms with Gasteiger partial charge in [-0.3, -0.25) is 9.59 Å². The molecule has 1 saturated carbocycles. The molecule has 3 fully saturated rings. The average Bonchev–Trinajstić information content (AvgIpc) is 3.27. The Labute approximate surface area is 248 Å². The van der Waals surface area contributed by atoms with Crippen LogP contribution in [0.3, 0.4) is 0 Å². The van der Waals surface area contributed by atoms with Crippen molar-refractivity contribution in [2.24, 2.45) is 11.3 Å². The summed E-state index contributed by atoms with van der Waals surface area (Å²) in [7, 11) is 2.22. The monoisotopic (exact) mass is 601 g/mol. The van der Waals surface area contributed by atoms with E-state index in [2.05, 4.69) is 23.7 Å². The Morgan fingerprint density at radius 2 is 2.00 bits per heavy atom. The highest BCUT2D eigenvalue weighted by molar-refractivity contribution is 5.96. The SMILES string of the molecule is C=CC[N+]1(C)CC[C@@]23C4=C5C[C@@H]1[C@@H]2CCC[C@@H]3OC4C(O)(NC(=O)C(=Cc1ccccc1)OC(F)(F)F)C=C5OC(C)=O. The lowest BCUT2D eigenvalue weighted by Crippen LogP contribution is -2.69. The van der Waals surface area contributed by atoms with Gasteiger partial charge in [-0.2, -0.15) is 0 Å². The molecule has 3 unspecified atom stereocenters. The Hall–Kier alpha value is -3.41.